The fourth-order valence-corrected chi connectivity index (χ4v) is 1.59. The average Bonchev–Trinajstić information content (AvgIpc) is 2.18. The zero-order valence-electron chi connectivity index (χ0n) is 5.71. The van der Waals surface area contributed by atoms with Crippen molar-refractivity contribution in [2.24, 2.45) is 11.7 Å². The molecule has 1 rings (SSSR count). The summed E-state index contributed by atoms with van der Waals surface area (Å²) in [5.74, 6) is 0.606. The summed E-state index contributed by atoms with van der Waals surface area (Å²) in [4.78, 5) is 0. The van der Waals surface area contributed by atoms with Crippen LogP contribution in [0.5, 0.6) is 0 Å². The molecule has 1 aliphatic carbocycles. The number of aliphatic hydroxyl groups excluding tert-OH is 1. The molecule has 2 heteroatoms. The molecule has 0 radical (unpaired) electrons. The van der Waals surface area contributed by atoms with Gasteiger partial charge in [-0.05, 0) is 25.2 Å². The highest BCUT2D eigenvalue weighted by molar-refractivity contribution is 4.79. The lowest BCUT2D eigenvalue weighted by Gasteiger charge is -2.12. The second-order valence-corrected chi connectivity index (χ2v) is 2.87. The lowest BCUT2D eigenvalue weighted by molar-refractivity contribution is 0.251. The van der Waals surface area contributed by atoms with E-state index in [1.807, 2.05) is 0 Å². The summed E-state index contributed by atoms with van der Waals surface area (Å²) in [5, 5.41) is 8.59. The van der Waals surface area contributed by atoms with Crippen LogP contribution in [0, 0.1) is 5.92 Å². The summed E-state index contributed by atoms with van der Waals surface area (Å²) in [7, 11) is 0. The molecule has 0 aromatic heterocycles. The van der Waals surface area contributed by atoms with Crippen LogP contribution in [0.3, 0.4) is 0 Å². The van der Waals surface area contributed by atoms with Gasteiger partial charge < -0.3 is 10.8 Å². The first-order valence-corrected chi connectivity index (χ1v) is 3.71. The molecule has 1 saturated carbocycles. The Hall–Kier alpha value is -0.0800. The van der Waals surface area contributed by atoms with Crippen LogP contribution in [-0.2, 0) is 0 Å². The van der Waals surface area contributed by atoms with Crippen LogP contribution in [0.15, 0.2) is 0 Å². The molecule has 2 nitrogen and oxygen atoms in total. The first kappa shape index (κ1) is 7.03. The number of hydrogen-bond donors (Lipinski definition) is 2. The highest BCUT2D eigenvalue weighted by atomic mass is 16.3. The molecule has 1 aliphatic rings. The zero-order chi connectivity index (χ0) is 6.69. The third kappa shape index (κ3) is 1.66. The first-order chi connectivity index (χ1) is 4.34. The highest BCUT2D eigenvalue weighted by Crippen LogP contribution is 2.25. The van der Waals surface area contributed by atoms with Crippen LogP contribution in [0.2, 0.25) is 0 Å². The summed E-state index contributed by atoms with van der Waals surface area (Å²) >= 11 is 0. The molecule has 0 heterocycles. The normalized spacial score (nSPS) is 35.3. The Morgan fingerprint density at radius 3 is 2.67 bits per heavy atom. The van der Waals surface area contributed by atoms with E-state index in [2.05, 4.69) is 0 Å². The molecule has 0 aromatic rings. The van der Waals surface area contributed by atoms with E-state index < -0.39 is 0 Å². The van der Waals surface area contributed by atoms with E-state index in [4.69, 9.17) is 10.8 Å². The topological polar surface area (TPSA) is 46.2 Å². The van der Waals surface area contributed by atoms with Crippen molar-refractivity contribution in [2.45, 2.75) is 31.7 Å². The van der Waals surface area contributed by atoms with E-state index >= 15 is 0 Å². The number of nitrogens with two attached hydrogens (primary N) is 1. The fraction of sp³-hybridized carbons (Fsp3) is 1.00. The Morgan fingerprint density at radius 2 is 2.22 bits per heavy atom. The Kier molecular flexibility index (Phi) is 2.49. The van der Waals surface area contributed by atoms with Gasteiger partial charge in [0.15, 0.2) is 0 Å². The maximum Gasteiger partial charge on any atom is 0.0434 e. The van der Waals surface area contributed by atoms with Gasteiger partial charge in [0.2, 0.25) is 0 Å². The zero-order valence-corrected chi connectivity index (χ0v) is 5.71. The lowest BCUT2D eigenvalue weighted by atomic mass is 10.0. The molecule has 0 saturated heterocycles. The molecule has 0 spiro atoms. The van der Waals surface area contributed by atoms with Crippen molar-refractivity contribution in [1.29, 1.82) is 0 Å². The van der Waals surface area contributed by atoms with Crippen LogP contribution in [0.4, 0.5) is 0 Å². The Morgan fingerprint density at radius 1 is 1.44 bits per heavy atom. The third-order valence-electron chi connectivity index (χ3n) is 2.22. The van der Waals surface area contributed by atoms with Gasteiger partial charge in [-0.15, -0.1) is 0 Å². The third-order valence-corrected chi connectivity index (χ3v) is 2.22. The van der Waals surface area contributed by atoms with E-state index in [1.165, 1.54) is 12.8 Å². The van der Waals surface area contributed by atoms with Crippen LogP contribution in [0.25, 0.3) is 0 Å². The predicted octanol–water partition coefficient (Wildman–Crippen LogP) is 0.496. The van der Waals surface area contributed by atoms with Crippen molar-refractivity contribution in [3.63, 3.8) is 0 Å². The quantitative estimate of drug-likeness (QED) is 0.570. The van der Waals surface area contributed by atoms with Crippen LogP contribution in [0.1, 0.15) is 25.7 Å². The van der Waals surface area contributed by atoms with Gasteiger partial charge in [0, 0.05) is 12.6 Å². The molecule has 1 fully saturated rings. The minimum absolute atomic E-state index is 0.304. The molecule has 3 N–H and O–H groups in total. The van der Waals surface area contributed by atoms with Crippen LogP contribution < -0.4 is 5.73 Å². The van der Waals surface area contributed by atoms with Crippen LogP contribution >= 0.6 is 0 Å². The van der Waals surface area contributed by atoms with Gasteiger partial charge in [-0.25, -0.2) is 0 Å². The van der Waals surface area contributed by atoms with Crippen LogP contribution in [-0.4, -0.2) is 17.8 Å². The second kappa shape index (κ2) is 3.18. The summed E-state index contributed by atoms with van der Waals surface area (Å²) in [5.41, 5.74) is 5.75. The van der Waals surface area contributed by atoms with Gasteiger partial charge in [-0.2, -0.15) is 0 Å². The van der Waals surface area contributed by atoms with Crippen molar-refractivity contribution in [2.75, 3.05) is 6.61 Å². The number of rotatable bonds is 2. The Balaban J connectivity index is 2.22. The first-order valence-electron chi connectivity index (χ1n) is 3.71. The minimum Gasteiger partial charge on any atom is -0.396 e. The molecular formula is C7H15NO. The van der Waals surface area contributed by atoms with E-state index in [-0.39, 0.29) is 0 Å². The maximum atomic E-state index is 8.59. The van der Waals surface area contributed by atoms with E-state index in [0.29, 0.717) is 18.6 Å². The van der Waals surface area contributed by atoms with Crippen molar-refractivity contribution in [1.82, 2.24) is 0 Å². The molecular weight excluding hydrogens is 114 g/mol. The molecule has 0 aliphatic heterocycles. The predicted molar refractivity (Wildman–Crippen MR) is 37.0 cm³/mol. The van der Waals surface area contributed by atoms with E-state index in [0.717, 1.165) is 12.8 Å². The van der Waals surface area contributed by atoms with Gasteiger partial charge in [0.05, 0.1) is 0 Å². The summed E-state index contributed by atoms with van der Waals surface area (Å²) in [6, 6.07) is 0.372. The largest absolute Gasteiger partial charge is 0.396 e. The van der Waals surface area contributed by atoms with E-state index in [9.17, 15) is 0 Å². The number of aliphatic hydroxyl groups is 1. The Bertz CT molecular complexity index is 85.0. The minimum atomic E-state index is 0.304. The van der Waals surface area contributed by atoms with Crippen molar-refractivity contribution < 1.29 is 5.11 Å². The molecule has 2 atom stereocenters. The standard InChI is InChI=1S/C7H15NO/c8-7-3-1-2-6(7)4-5-9/h6-7,9H,1-5,8H2. The van der Waals surface area contributed by atoms with Gasteiger partial charge in [0.1, 0.15) is 0 Å². The molecule has 54 valence electrons. The average molecular weight is 129 g/mol. The van der Waals surface area contributed by atoms with Gasteiger partial charge in [0.25, 0.3) is 0 Å². The SMILES string of the molecule is NC1CCCC1CCO. The smallest absolute Gasteiger partial charge is 0.0434 e. The molecule has 9 heavy (non-hydrogen) atoms. The second-order valence-electron chi connectivity index (χ2n) is 2.87. The van der Waals surface area contributed by atoms with Gasteiger partial charge in [-0.1, -0.05) is 6.42 Å². The monoisotopic (exact) mass is 129 g/mol. The summed E-state index contributed by atoms with van der Waals surface area (Å²) < 4.78 is 0. The van der Waals surface area contributed by atoms with Gasteiger partial charge in [-0.3, -0.25) is 0 Å². The summed E-state index contributed by atoms with van der Waals surface area (Å²) in [6.45, 7) is 0.304. The molecule has 0 aromatic carbocycles. The van der Waals surface area contributed by atoms with Gasteiger partial charge >= 0.3 is 0 Å². The summed E-state index contributed by atoms with van der Waals surface area (Å²) in [6.07, 6.45) is 4.54. The molecule has 2 unspecified atom stereocenters. The lowest BCUT2D eigenvalue weighted by Crippen LogP contribution is -2.24. The highest BCUT2D eigenvalue weighted by Gasteiger charge is 2.22. The van der Waals surface area contributed by atoms with E-state index in [1.54, 1.807) is 0 Å². The Labute approximate surface area is 56.1 Å². The maximum absolute atomic E-state index is 8.59. The number of hydrogen-bond acceptors (Lipinski definition) is 2. The van der Waals surface area contributed by atoms with Crippen molar-refractivity contribution in [3.8, 4) is 0 Å². The van der Waals surface area contributed by atoms with Crippen molar-refractivity contribution in [3.05, 3.63) is 0 Å². The van der Waals surface area contributed by atoms with Crippen molar-refractivity contribution >= 4 is 0 Å². The fourth-order valence-electron chi connectivity index (χ4n) is 1.59. The molecule has 0 amide bonds. The molecule has 0 bridgehead atoms.